The van der Waals surface area contributed by atoms with Gasteiger partial charge in [0.05, 0.1) is 5.37 Å². The van der Waals surface area contributed by atoms with Crippen molar-refractivity contribution in [3.8, 4) is 0 Å². The second-order valence-corrected chi connectivity index (χ2v) is 5.58. The Hall–Kier alpha value is -1.69. The summed E-state index contributed by atoms with van der Waals surface area (Å²) in [5.74, 6) is -0.592. The van der Waals surface area contributed by atoms with E-state index in [4.69, 9.17) is 9.84 Å². The first-order valence-electron chi connectivity index (χ1n) is 5.93. The van der Waals surface area contributed by atoms with E-state index in [1.54, 1.807) is 6.92 Å². The van der Waals surface area contributed by atoms with E-state index in [0.717, 1.165) is 5.56 Å². The van der Waals surface area contributed by atoms with Crippen LogP contribution in [0.1, 0.15) is 12.5 Å². The minimum atomic E-state index is -0.992. The Morgan fingerprint density at radius 3 is 2.74 bits per heavy atom. The lowest BCUT2D eigenvalue weighted by atomic mass is 10.2. The monoisotopic (exact) mass is 281 g/mol. The van der Waals surface area contributed by atoms with Crippen molar-refractivity contribution in [1.82, 2.24) is 4.90 Å². The van der Waals surface area contributed by atoms with Crippen LogP contribution in [0, 0.1) is 0 Å². The molecule has 1 unspecified atom stereocenters. The first-order valence-corrected chi connectivity index (χ1v) is 6.98. The van der Waals surface area contributed by atoms with Crippen LogP contribution in [0.4, 0.5) is 4.79 Å². The molecule has 19 heavy (non-hydrogen) atoms. The smallest absolute Gasteiger partial charge is 0.411 e. The van der Waals surface area contributed by atoms with Gasteiger partial charge in [0.15, 0.2) is 0 Å². The standard InChI is InChI=1S/C13H15NO4S/c1-9-14(11(8-19-9)12(15)16)13(17)18-7-10-5-3-2-4-6-10/h2-6,9,11H,7-8H2,1H3,(H,15,16)/t9?,11-/m0/s1. The molecule has 0 bridgehead atoms. The van der Waals surface area contributed by atoms with Crippen molar-refractivity contribution in [3.05, 3.63) is 35.9 Å². The first-order chi connectivity index (χ1) is 9.09. The number of carboxylic acid groups (broad SMARTS) is 1. The van der Waals surface area contributed by atoms with Gasteiger partial charge in [-0.3, -0.25) is 4.90 Å². The van der Waals surface area contributed by atoms with Crippen molar-refractivity contribution in [2.45, 2.75) is 24.9 Å². The second-order valence-electron chi connectivity index (χ2n) is 4.23. The lowest BCUT2D eigenvalue weighted by Crippen LogP contribution is -2.44. The van der Waals surface area contributed by atoms with Crippen molar-refractivity contribution in [3.63, 3.8) is 0 Å². The number of rotatable bonds is 3. The number of hydrogen-bond donors (Lipinski definition) is 1. The minimum absolute atomic E-state index is 0.153. The molecule has 0 saturated carbocycles. The minimum Gasteiger partial charge on any atom is -0.480 e. The predicted octanol–water partition coefficient (Wildman–Crippen LogP) is 2.17. The Morgan fingerprint density at radius 1 is 1.42 bits per heavy atom. The number of aliphatic carboxylic acids is 1. The summed E-state index contributed by atoms with van der Waals surface area (Å²) in [6.45, 7) is 1.96. The fraction of sp³-hybridized carbons (Fsp3) is 0.385. The number of carbonyl (C=O) groups is 2. The molecule has 1 aromatic rings. The molecule has 1 heterocycles. The van der Waals surface area contributed by atoms with E-state index in [-0.39, 0.29) is 12.0 Å². The van der Waals surface area contributed by atoms with Gasteiger partial charge in [-0.25, -0.2) is 9.59 Å². The summed E-state index contributed by atoms with van der Waals surface area (Å²) in [6.07, 6.45) is -0.575. The Morgan fingerprint density at radius 2 is 2.11 bits per heavy atom. The van der Waals surface area contributed by atoms with Gasteiger partial charge < -0.3 is 9.84 Å². The molecule has 1 aliphatic heterocycles. The molecule has 1 fully saturated rings. The summed E-state index contributed by atoms with van der Waals surface area (Å²) in [5, 5.41) is 8.90. The molecule has 2 atom stereocenters. The average molecular weight is 281 g/mol. The average Bonchev–Trinajstić information content (AvgIpc) is 2.79. The second kappa shape index (κ2) is 5.97. The summed E-state index contributed by atoms with van der Waals surface area (Å²) in [5.41, 5.74) is 0.877. The Kier molecular flexibility index (Phi) is 4.31. The zero-order chi connectivity index (χ0) is 13.8. The van der Waals surface area contributed by atoms with Crippen LogP contribution in [0.5, 0.6) is 0 Å². The van der Waals surface area contributed by atoms with E-state index >= 15 is 0 Å². The number of hydrogen-bond acceptors (Lipinski definition) is 4. The highest BCUT2D eigenvalue weighted by atomic mass is 32.2. The van der Waals surface area contributed by atoms with Crippen LogP contribution in [-0.2, 0) is 16.1 Å². The van der Waals surface area contributed by atoms with Crippen molar-refractivity contribution >= 4 is 23.8 Å². The van der Waals surface area contributed by atoms with Gasteiger partial charge >= 0.3 is 12.1 Å². The van der Waals surface area contributed by atoms with E-state index in [0.29, 0.717) is 5.75 Å². The van der Waals surface area contributed by atoms with Crippen LogP contribution in [0.2, 0.25) is 0 Å². The van der Waals surface area contributed by atoms with Crippen molar-refractivity contribution in [1.29, 1.82) is 0 Å². The Labute approximate surface area is 115 Å². The van der Waals surface area contributed by atoms with Gasteiger partial charge in [0.2, 0.25) is 0 Å². The number of benzene rings is 1. The summed E-state index contributed by atoms with van der Waals surface area (Å²) < 4.78 is 5.17. The van der Waals surface area contributed by atoms with Crippen LogP contribution < -0.4 is 0 Å². The predicted molar refractivity (Wildman–Crippen MR) is 71.8 cm³/mol. The summed E-state index contributed by atoms with van der Waals surface area (Å²) in [7, 11) is 0. The third-order valence-electron chi connectivity index (χ3n) is 2.92. The zero-order valence-electron chi connectivity index (χ0n) is 10.5. The molecule has 1 saturated heterocycles. The fourth-order valence-electron chi connectivity index (χ4n) is 1.90. The number of ether oxygens (including phenoxy) is 1. The normalized spacial score (nSPS) is 22.3. The van der Waals surface area contributed by atoms with Gasteiger partial charge in [0.1, 0.15) is 12.6 Å². The van der Waals surface area contributed by atoms with Gasteiger partial charge in [0, 0.05) is 5.75 Å². The third-order valence-corrected chi connectivity index (χ3v) is 4.14. The molecular weight excluding hydrogens is 266 g/mol. The molecule has 0 aliphatic carbocycles. The number of carbonyl (C=O) groups excluding carboxylic acids is 1. The van der Waals surface area contributed by atoms with Crippen LogP contribution in [-0.4, -0.2) is 39.2 Å². The van der Waals surface area contributed by atoms with E-state index in [1.165, 1.54) is 16.7 Å². The Bertz CT molecular complexity index is 465. The number of amides is 1. The van der Waals surface area contributed by atoms with Gasteiger partial charge in [0.25, 0.3) is 0 Å². The van der Waals surface area contributed by atoms with E-state index in [2.05, 4.69) is 0 Å². The highest BCUT2D eigenvalue weighted by Crippen LogP contribution is 2.29. The van der Waals surface area contributed by atoms with Crippen LogP contribution in [0.15, 0.2) is 30.3 Å². The van der Waals surface area contributed by atoms with E-state index < -0.39 is 18.1 Å². The number of thioether (sulfide) groups is 1. The van der Waals surface area contributed by atoms with Gasteiger partial charge in [-0.15, -0.1) is 11.8 Å². The molecule has 1 N–H and O–H groups in total. The molecule has 0 aromatic heterocycles. The SMILES string of the molecule is CC1SC[C@@H](C(=O)O)N1C(=O)OCc1ccccc1. The van der Waals surface area contributed by atoms with E-state index in [1.807, 2.05) is 30.3 Å². The molecular formula is C13H15NO4S. The van der Waals surface area contributed by atoms with Crippen LogP contribution in [0.3, 0.4) is 0 Å². The van der Waals surface area contributed by atoms with Crippen molar-refractivity contribution < 1.29 is 19.4 Å². The lowest BCUT2D eigenvalue weighted by molar-refractivity contribution is -0.141. The third kappa shape index (κ3) is 3.20. The topological polar surface area (TPSA) is 66.8 Å². The first kappa shape index (κ1) is 13.7. The molecule has 102 valence electrons. The molecule has 1 aliphatic rings. The molecule has 6 heteroatoms. The zero-order valence-corrected chi connectivity index (χ0v) is 11.3. The number of nitrogens with zero attached hydrogens (tertiary/aromatic N) is 1. The maximum absolute atomic E-state index is 12.0. The number of carboxylic acids is 1. The maximum atomic E-state index is 12.0. The van der Waals surface area contributed by atoms with Gasteiger partial charge in [-0.1, -0.05) is 30.3 Å². The summed E-state index contributed by atoms with van der Waals surface area (Å²) >= 11 is 1.44. The fourth-order valence-corrected chi connectivity index (χ4v) is 3.06. The highest BCUT2D eigenvalue weighted by Gasteiger charge is 2.40. The molecule has 5 nitrogen and oxygen atoms in total. The quantitative estimate of drug-likeness (QED) is 0.919. The largest absolute Gasteiger partial charge is 0.480 e. The molecule has 1 aromatic carbocycles. The van der Waals surface area contributed by atoms with Gasteiger partial charge in [-0.05, 0) is 12.5 Å². The molecule has 2 rings (SSSR count). The molecule has 1 amide bonds. The Balaban J connectivity index is 1.97. The highest BCUT2D eigenvalue weighted by molar-refractivity contribution is 8.00. The lowest BCUT2D eigenvalue weighted by Gasteiger charge is -2.24. The summed E-state index contributed by atoms with van der Waals surface area (Å²) in [6, 6.07) is 8.50. The molecule has 0 radical (unpaired) electrons. The van der Waals surface area contributed by atoms with Crippen LogP contribution in [0.25, 0.3) is 0 Å². The van der Waals surface area contributed by atoms with E-state index in [9.17, 15) is 9.59 Å². The summed E-state index contributed by atoms with van der Waals surface area (Å²) in [4.78, 5) is 24.3. The molecule has 0 spiro atoms. The van der Waals surface area contributed by atoms with Crippen molar-refractivity contribution in [2.75, 3.05) is 5.75 Å². The van der Waals surface area contributed by atoms with Crippen molar-refractivity contribution in [2.24, 2.45) is 0 Å². The van der Waals surface area contributed by atoms with Gasteiger partial charge in [-0.2, -0.15) is 0 Å². The van der Waals surface area contributed by atoms with Crippen LogP contribution >= 0.6 is 11.8 Å². The maximum Gasteiger partial charge on any atom is 0.411 e.